The number of rotatable bonds is 1. The van der Waals surface area contributed by atoms with Crippen molar-refractivity contribution in [2.45, 2.75) is 18.2 Å². The van der Waals surface area contributed by atoms with Gasteiger partial charge in [-0.25, -0.2) is 9.59 Å². The molecular formula is C7H9NO5. The van der Waals surface area contributed by atoms with Gasteiger partial charge in [-0.1, -0.05) is 0 Å². The predicted molar refractivity (Wildman–Crippen MR) is 39.2 cm³/mol. The van der Waals surface area contributed by atoms with Gasteiger partial charge in [-0.3, -0.25) is 4.90 Å². The summed E-state index contributed by atoms with van der Waals surface area (Å²) in [6, 6.07) is -0.771. The number of fused-ring (bicyclic) bond motifs is 1. The predicted octanol–water partition coefficient (Wildman–Crippen LogP) is -0.711. The maximum absolute atomic E-state index is 11.2. The Bertz CT molecular complexity index is 266. The summed E-state index contributed by atoms with van der Waals surface area (Å²) in [6.45, 7) is 0.264. The minimum Gasteiger partial charge on any atom is -0.467 e. The van der Waals surface area contributed by atoms with E-state index < -0.39 is 18.1 Å². The third-order valence-electron chi connectivity index (χ3n) is 2.33. The lowest BCUT2D eigenvalue weighted by Crippen LogP contribution is -2.44. The average Bonchev–Trinajstić information content (AvgIpc) is 2.76. The average molecular weight is 187 g/mol. The lowest BCUT2D eigenvalue weighted by molar-refractivity contribution is -0.146. The number of hydrogen-bond donors (Lipinski definition) is 1. The van der Waals surface area contributed by atoms with Crippen molar-refractivity contribution >= 4 is 12.1 Å². The van der Waals surface area contributed by atoms with Crippen LogP contribution in [0, 0.1) is 0 Å². The molecule has 2 aliphatic heterocycles. The third-order valence-corrected chi connectivity index (χ3v) is 2.33. The van der Waals surface area contributed by atoms with Gasteiger partial charge >= 0.3 is 12.1 Å². The first kappa shape index (κ1) is 8.31. The number of esters is 1. The summed E-state index contributed by atoms with van der Waals surface area (Å²) >= 11 is 0. The smallest absolute Gasteiger partial charge is 0.408 e. The molecule has 72 valence electrons. The van der Waals surface area contributed by atoms with E-state index in [0.717, 1.165) is 4.90 Å². The zero-order chi connectivity index (χ0) is 9.59. The molecule has 2 rings (SSSR count). The van der Waals surface area contributed by atoms with Gasteiger partial charge < -0.3 is 14.6 Å². The van der Waals surface area contributed by atoms with E-state index in [9.17, 15) is 9.59 Å². The number of nitrogens with zero attached hydrogens (tertiary/aromatic N) is 1. The molecule has 6 heteroatoms. The minimum absolute atomic E-state index is 0.111. The molecule has 2 fully saturated rings. The van der Waals surface area contributed by atoms with Crippen molar-refractivity contribution in [1.29, 1.82) is 0 Å². The summed E-state index contributed by atoms with van der Waals surface area (Å²) in [5, 5.41) is 8.73. The van der Waals surface area contributed by atoms with Gasteiger partial charge in [0.25, 0.3) is 0 Å². The molecule has 13 heavy (non-hydrogen) atoms. The van der Waals surface area contributed by atoms with Crippen molar-refractivity contribution in [3.8, 4) is 0 Å². The molecule has 0 radical (unpaired) electrons. The molecule has 0 spiro atoms. The third kappa shape index (κ3) is 1.14. The summed E-state index contributed by atoms with van der Waals surface area (Å²) in [5.41, 5.74) is 0. The Labute approximate surface area is 74.0 Å². The number of carbonyl (C=O) groups excluding carboxylic acids is 1. The number of ether oxygens (including phenoxy) is 2. The fraction of sp³-hybridized carbons (Fsp3) is 0.714. The second kappa shape index (κ2) is 2.59. The van der Waals surface area contributed by atoms with E-state index in [0.29, 0.717) is 0 Å². The van der Waals surface area contributed by atoms with Gasteiger partial charge in [0.2, 0.25) is 0 Å². The van der Waals surface area contributed by atoms with Crippen LogP contribution in [0.1, 0.15) is 0 Å². The van der Waals surface area contributed by atoms with E-state index in [2.05, 4.69) is 4.74 Å². The molecule has 0 saturated carbocycles. The van der Waals surface area contributed by atoms with E-state index >= 15 is 0 Å². The van der Waals surface area contributed by atoms with Crippen molar-refractivity contribution in [3.05, 3.63) is 0 Å². The van der Waals surface area contributed by atoms with Crippen LogP contribution in [0.5, 0.6) is 0 Å². The number of carbonyl (C=O) groups is 2. The topological polar surface area (TPSA) is 79.4 Å². The molecule has 1 N–H and O–H groups in total. The summed E-state index contributed by atoms with van der Waals surface area (Å²) in [7, 11) is 1.23. The fourth-order valence-corrected chi connectivity index (χ4v) is 1.65. The number of amides is 1. The molecule has 0 aromatic carbocycles. The first-order chi connectivity index (χ1) is 6.15. The van der Waals surface area contributed by atoms with Crippen LogP contribution >= 0.6 is 0 Å². The Hall–Kier alpha value is -1.30. The van der Waals surface area contributed by atoms with Crippen molar-refractivity contribution in [3.63, 3.8) is 0 Å². The molecule has 2 saturated heterocycles. The molecule has 6 nitrogen and oxygen atoms in total. The highest BCUT2D eigenvalue weighted by Gasteiger charge is 2.59. The van der Waals surface area contributed by atoms with Gasteiger partial charge in [0.05, 0.1) is 13.7 Å². The molecule has 2 heterocycles. The van der Waals surface area contributed by atoms with Crippen molar-refractivity contribution < 1.29 is 24.2 Å². The van der Waals surface area contributed by atoms with Crippen LogP contribution in [0.2, 0.25) is 0 Å². The SMILES string of the molecule is COC(=O)C1C2OC2CN1C(=O)O. The summed E-state index contributed by atoms with van der Waals surface area (Å²) in [6.07, 6.45) is -1.50. The zero-order valence-electron chi connectivity index (χ0n) is 6.97. The summed E-state index contributed by atoms with van der Waals surface area (Å²) in [4.78, 5) is 22.9. The molecule has 2 aliphatic rings. The van der Waals surface area contributed by atoms with E-state index in [-0.39, 0.29) is 18.8 Å². The van der Waals surface area contributed by atoms with Crippen LogP contribution in [-0.4, -0.2) is 54.0 Å². The van der Waals surface area contributed by atoms with Gasteiger partial charge in [0.15, 0.2) is 6.04 Å². The Kier molecular flexibility index (Phi) is 1.66. The molecule has 0 aromatic rings. The minimum atomic E-state index is -1.11. The Morgan fingerprint density at radius 3 is 2.85 bits per heavy atom. The van der Waals surface area contributed by atoms with Gasteiger partial charge in [0.1, 0.15) is 12.2 Å². The van der Waals surface area contributed by atoms with Crippen LogP contribution < -0.4 is 0 Å². The summed E-state index contributed by atoms with van der Waals surface area (Å²) in [5.74, 6) is -0.549. The highest BCUT2D eigenvalue weighted by Crippen LogP contribution is 2.36. The molecule has 0 aromatic heterocycles. The monoisotopic (exact) mass is 187 g/mol. The van der Waals surface area contributed by atoms with Crippen LogP contribution in [0.25, 0.3) is 0 Å². The maximum atomic E-state index is 11.2. The summed E-state index contributed by atoms with van der Waals surface area (Å²) < 4.78 is 9.55. The molecule has 0 bridgehead atoms. The normalized spacial score (nSPS) is 35.5. The second-order valence-electron chi connectivity index (χ2n) is 3.04. The highest BCUT2D eigenvalue weighted by atomic mass is 16.6. The van der Waals surface area contributed by atoms with Gasteiger partial charge in [-0.05, 0) is 0 Å². The second-order valence-corrected chi connectivity index (χ2v) is 3.04. The number of likely N-dealkylation sites (tertiary alicyclic amines) is 1. The van der Waals surface area contributed by atoms with E-state index in [1.807, 2.05) is 0 Å². The first-order valence-corrected chi connectivity index (χ1v) is 3.88. The van der Waals surface area contributed by atoms with Crippen LogP contribution in [0.4, 0.5) is 4.79 Å². The maximum Gasteiger partial charge on any atom is 0.408 e. The van der Waals surface area contributed by atoms with E-state index in [4.69, 9.17) is 9.84 Å². The first-order valence-electron chi connectivity index (χ1n) is 3.88. The number of morpholine rings is 1. The standard InChI is InChI=1S/C7H9NO5/c1-12-6(9)4-5-3(13-5)2-8(4)7(10)11/h3-5H,2H2,1H3,(H,10,11). The van der Waals surface area contributed by atoms with Gasteiger partial charge in [-0.2, -0.15) is 0 Å². The Morgan fingerprint density at radius 2 is 2.31 bits per heavy atom. The number of carboxylic acid groups (broad SMARTS) is 1. The van der Waals surface area contributed by atoms with Crippen molar-refractivity contribution in [2.24, 2.45) is 0 Å². The van der Waals surface area contributed by atoms with E-state index in [1.165, 1.54) is 7.11 Å². The highest BCUT2D eigenvalue weighted by molar-refractivity contribution is 5.83. The lowest BCUT2D eigenvalue weighted by atomic mass is 10.2. The number of hydrogen-bond acceptors (Lipinski definition) is 4. The zero-order valence-corrected chi connectivity index (χ0v) is 6.97. The van der Waals surface area contributed by atoms with Crippen LogP contribution in [0.15, 0.2) is 0 Å². The van der Waals surface area contributed by atoms with Crippen molar-refractivity contribution in [2.75, 3.05) is 13.7 Å². The van der Waals surface area contributed by atoms with Gasteiger partial charge in [-0.15, -0.1) is 0 Å². The van der Waals surface area contributed by atoms with Crippen LogP contribution in [-0.2, 0) is 14.3 Å². The largest absolute Gasteiger partial charge is 0.467 e. The quantitative estimate of drug-likeness (QED) is 0.433. The van der Waals surface area contributed by atoms with Crippen LogP contribution in [0.3, 0.4) is 0 Å². The number of methoxy groups -OCH3 is 1. The molecular weight excluding hydrogens is 178 g/mol. The van der Waals surface area contributed by atoms with E-state index in [1.54, 1.807) is 0 Å². The number of epoxide rings is 1. The molecule has 3 atom stereocenters. The molecule has 1 amide bonds. The van der Waals surface area contributed by atoms with Crippen molar-refractivity contribution in [1.82, 2.24) is 4.90 Å². The molecule has 3 unspecified atom stereocenters. The molecule has 0 aliphatic carbocycles. The van der Waals surface area contributed by atoms with Gasteiger partial charge in [0, 0.05) is 0 Å². The fourth-order valence-electron chi connectivity index (χ4n) is 1.65. The Balaban J connectivity index is 2.13. The Morgan fingerprint density at radius 1 is 1.62 bits per heavy atom. The lowest BCUT2D eigenvalue weighted by Gasteiger charge is -2.20.